The van der Waals surface area contributed by atoms with E-state index in [1.165, 1.54) is 4.57 Å². The molecule has 1 aromatic heterocycles. The molecular formula is C12H10N4O5. The molecule has 9 heteroatoms. The Morgan fingerprint density at radius 2 is 1.86 bits per heavy atom. The zero-order chi connectivity index (χ0) is 15.4. The molecular weight excluding hydrogens is 280 g/mol. The average molecular weight is 290 g/mol. The van der Waals surface area contributed by atoms with Crippen LogP contribution in [0.25, 0.3) is 0 Å². The second-order valence-electron chi connectivity index (χ2n) is 4.20. The predicted octanol–water partition coefficient (Wildman–Crippen LogP) is 1.30. The molecule has 2 aromatic rings. The minimum Gasteiger partial charge on any atom is -0.358 e. The van der Waals surface area contributed by atoms with Crippen LogP contribution in [0.2, 0.25) is 0 Å². The van der Waals surface area contributed by atoms with E-state index in [-0.39, 0.29) is 12.2 Å². The van der Waals surface area contributed by atoms with Gasteiger partial charge in [0.1, 0.15) is 0 Å². The van der Waals surface area contributed by atoms with E-state index in [2.05, 4.69) is 4.98 Å². The topological polar surface area (TPSA) is 121 Å². The van der Waals surface area contributed by atoms with Crippen molar-refractivity contribution in [1.82, 2.24) is 9.55 Å². The first-order chi connectivity index (χ1) is 9.99. The molecule has 9 nitrogen and oxygen atoms in total. The van der Waals surface area contributed by atoms with E-state index in [1.807, 2.05) is 0 Å². The van der Waals surface area contributed by atoms with Gasteiger partial charge in [-0.2, -0.15) is 0 Å². The number of Topliss-reactive ketones (excluding diaryl/α,β-unsaturated/α-hetero) is 1. The molecule has 1 heterocycles. The van der Waals surface area contributed by atoms with Crippen LogP contribution in [0.3, 0.4) is 0 Å². The molecule has 108 valence electrons. The fourth-order valence-corrected chi connectivity index (χ4v) is 1.88. The van der Waals surface area contributed by atoms with Crippen LogP contribution in [0, 0.1) is 20.2 Å². The Morgan fingerprint density at radius 3 is 2.43 bits per heavy atom. The van der Waals surface area contributed by atoms with E-state index in [0.29, 0.717) is 0 Å². The standard InChI is InChI=1S/C12H10N4O5/c17-10(7-15(18)19)11-12(16(20)21)13-8-14(11)6-9-4-2-1-3-5-9/h1-5,8H,6-7H2. The molecule has 0 saturated carbocycles. The molecule has 0 aliphatic rings. The quantitative estimate of drug-likeness (QED) is 0.449. The monoisotopic (exact) mass is 290 g/mol. The van der Waals surface area contributed by atoms with Crippen LogP contribution in [-0.2, 0) is 6.54 Å². The minimum atomic E-state index is -1.01. The highest BCUT2D eigenvalue weighted by Gasteiger charge is 2.30. The van der Waals surface area contributed by atoms with Crippen molar-refractivity contribution in [3.05, 3.63) is 68.1 Å². The molecule has 0 aliphatic heterocycles. The molecule has 0 radical (unpaired) electrons. The molecule has 0 atom stereocenters. The third kappa shape index (κ3) is 3.26. The summed E-state index contributed by atoms with van der Waals surface area (Å²) in [5, 5.41) is 21.3. The van der Waals surface area contributed by atoms with Crippen molar-refractivity contribution in [1.29, 1.82) is 0 Å². The second-order valence-corrected chi connectivity index (χ2v) is 4.20. The van der Waals surface area contributed by atoms with Gasteiger partial charge >= 0.3 is 5.82 Å². The highest BCUT2D eigenvalue weighted by Crippen LogP contribution is 2.18. The Morgan fingerprint density at radius 1 is 1.19 bits per heavy atom. The molecule has 2 rings (SSSR count). The van der Waals surface area contributed by atoms with Crippen molar-refractivity contribution in [3.63, 3.8) is 0 Å². The summed E-state index contributed by atoms with van der Waals surface area (Å²) in [6, 6.07) is 8.90. The largest absolute Gasteiger partial charge is 0.393 e. The number of benzene rings is 1. The number of ketones is 1. The Labute approximate surface area is 118 Å². The maximum Gasteiger partial charge on any atom is 0.393 e. The molecule has 0 N–H and O–H groups in total. The summed E-state index contributed by atoms with van der Waals surface area (Å²) in [7, 11) is 0. The third-order valence-corrected chi connectivity index (χ3v) is 2.72. The summed E-state index contributed by atoms with van der Waals surface area (Å²) in [6.45, 7) is -0.845. The Bertz CT molecular complexity index is 695. The van der Waals surface area contributed by atoms with Crippen molar-refractivity contribution in [2.24, 2.45) is 0 Å². The van der Waals surface area contributed by atoms with Crippen molar-refractivity contribution in [2.75, 3.05) is 6.54 Å². The number of carbonyl (C=O) groups is 1. The van der Waals surface area contributed by atoms with Gasteiger partial charge in [-0.25, -0.2) is 0 Å². The van der Waals surface area contributed by atoms with Gasteiger partial charge < -0.3 is 10.1 Å². The first kappa shape index (κ1) is 14.3. The van der Waals surface area contributed by atoms with Crippen LogP contribution >= 0.6 is 0 Å². The van der Waals surface area contributed by atoms with Gasteiger partial charge in [-0.1, -0.05) is 30.3 Å². The lowest BCUT2D eigenvalue weighted by molar-refractivity contribution is -0.465. The number of nitro groups is 2. The van der Waals surface area contributed by atoms with Gasteiger partial charge in [0.2, 0.25) is 6.33 Å². The summed E-state index contributed by atoms with van der Waals surface area (Å²) in [5.74, 6) is -1.61. The SMILES string of the molecule is O=C(C[N+](=O)[O-])c1c([N+](=O)[O-])ncn1Cc1ccccc1. The zero-order valence-corrected chi connectivity index (χ0v) is 10.7. The average Bonchev–Trinajstić information content (AvgIpc) is 2.83. The lowest BCUT2D eigenvalue weighted by Gasteiger charge is -2.04. The maximum atomic E-state index is 11.8. The summed E-state index contributed by atoms with van der Waals surface area (Å²) in [5.41, 5.74) is 0.431. The van der Waals surface area contributed by atoms with Crippen LogP contribution in [0.5, 0.6) is 0 Å². The van der Waals surface area contributed by atoms with Crippen LogP contribution in [-0.4, -0.2) is 31.7 Å². The van der Waals surface area contributed by atoms with E-state index in [9.17, 15) is 25.0 Å². The normalized spacial score (nSPS) is 10.3. The van der Waals surface area contributed by atoms with Gasteiger partial charge in [-0.15, -0.1) is 0 Å². The molecule has 0 bridgehead atoms. The number of imidazole rings is 1. The summed E-state index contributed by atoms with van der Waals surface area (Å²) in [6.07, 6.45) is 1.14. The molecule has 0 saturated heterocycles. The molecule has 21 heavy (non-hydrogen) atoms. The fraction of sp³-hybridized carbons (Fsp3) is 0.167. The van der Waals surface area contributed by atoms with Gasteiger partial charge in [0.25, 0.3) is 12.3 Å². The number of carbonyl (C=O) groups excluding carboxylic acids is 1. The predicted molar refractivity (Wildman–Crippen MR) is 70.6 cm³/mol. The van der Waals surface area contributed by atoms with Crippen molar-refractivity contribution < 1.29 is 14.6 Å². The van der Waals surface area contributed by atoms with E-state index in [4.69, 9.17) is 0 Å². The van der Waals surface area contributed by atoms with Crippen molar-refractivity contribution in [3.8, 4) is 0 Å². The highest BCUT2D eigenvalue weighted by atomic mass is 16.6. The number of nitrogens with zero attached hydrogens (tertiary/aromatic N) is 4. The maximum absolute atomic E-state index is 11.8. The van der Waals surface area contributed by atoms with Crippen LogP contribution in [0.15, 0.2) is 36.7 Å². The van der Waals surface area contributed by atoms with Crippen molar-refractivity contribution in [2.45, 2.75) is 6.54 Å². The van der Waals surface area contributed by atoms with Crippen molar-refractivity contribution >= 4 is 11.6 Å². The molecule has 0 unspecified atom stereocenters. The van der Waals surface area contributed by atoms with Crippen LogP contribution < -0.4 is 0 Å². The lowest BCUT2D eigenvalue weighted by atomic mass is 10.2. The summed E-state index contributed by atoms with van der Waals surface area (Å²) < 4.78 is 1.25. The zero-order valence-electron chi connectivity index (χ0n) is 10.7. The first-order valence-corrected chi connectivity index (χ1v) is 5.87. The fourth-order valence-electron chi connectivity index (χ4n) is 1.88. The molecule has 1 aromatic carbocycles. The minimum absolute atomic E-state index is 0.167. The first-order valence-electron chi connectivity index (χ1n) is 5.87. The van der Waals surface area contributed by atoms with Gasteiger partial charge in [0.15, 0.2) is 5.69 Å². The van der Waals surface area contributed by atoms with Crippen LogP contribution in [0.4, 0.5) is 5.82 Å². The molecule has 0 fully saturated rings. The highest BCUT2D eigenvalue weighted by molar-refractivity contribution is 5.98. The van der Waals surface area contributed by atoms with Gasteiger partial charge in [0, 0.05) is 4.92 Å². The molecule has 0 spiro atoms. The van der Waals surface area contributed by atoms with Gasteiger partial charge in [-0.05, 0) is 15.5 Å². The third-order valence-electron chi connectivity index (χ3n) is 2.72. The second kappa shape index (κ2) is 5.90. The number of rotatable bonds is 6. The smallest absolute Gasteiger partial charge is 0.358 e. The van der Waals surface area contributed by atoms with Gasteiger partial charge in [-0.3, -0.25) is 19.5 Å². The van der Waals surface area contributed by atoms with E-state index in [0.717, 1.165) is 11.9 Å². The molecule has 0 amide bonds. The Hall–Kier alpha value is -3.10. The number of hydrogen-bond acceptors (Lipinski definition) is 6. The lowest BCUT2D eigenvalue weighted by Crippen LogP contribution is -2.19. The van der Waals surface area contributed by atoms with E-state index < -0.39 is 28.0 Å². The van der Waals surface area contributed by atoms with E-state index in [1.54, 1.807) is 30.3 Å². The Kier molecular flexibility index (Phi) is 4.02. The Balaban J connectivity index is 2.39. The van der Waals surface area contributed by atoms with E-state index >= 15 is 0 Å². The molecule has 0 aliphatic carbocycles. The van der Waals surface area contributed by atoms with Gasteiger partial charge in [0.05, 0.1) is 6.54 Å². The van der Waals surface area contributed by atoms with Crippen LogP contribution in [0.1, 0.15) is 16.1 Å². The summed E-state index contributed by atoms with van der Waals surface area (Å²) >= 11 is 0. The number of aromatic nitrogens is 2. The summed E-state index contributed by atoms with van der Waals surface area (Å²) in [4.78, 5) is 35.1. The number of hydrogen-bond donors (Lipinski definition) is 0.